The predicted octanol–water partition coefficient (Wildman–Crippen LogP) is 1.63. The van der Waals surface area contributed by atoms with Gasteiger partial charge in [0.05, 0.1) is 30.5 Å². The van der Waals surface area contributed by atoms with Crippen LogP contribution in [0.15, 0.2) is 18.2 Å². The maximum Gasteiger partial charge on any atom is 0.241 e. The van der Waals surface area contributed by atoms with E-state index in [-0.39, 0.29) is 5.91 Å². The van der Waals surface area contributed by atoms with Crippen molar-refractivity contribution < 1.29 is 9.53 Å². The molecule has 0 bridgehead atoms. The standard InChI is InChI=1S/C13H17N3O2/c1-3-4-10(15)13(17)16-11-6-5-9(8-14)7-12(11)18-2/h5-7,10H,3-4,15H2,1-2H3,(H,16,17)/t10-/m0/s1. The van der Waals surface area contributed by atoms with Crippen molar-refractivity contribution in [1.29, 1.82) is 5.26 Å². The summed E-state index contributed by atoms with van der Waals surface area (Å²) >= 11 is 0. The number of anilines is 1. The molecule has 18 heavy (non-hydrogen) atoms. The number of carbonyl (C=O) groups is 1. The van der Waals surface area contributed by atoms with Crippen LogP contribution in [0.5, 0.6) is 5.75 Å². The minimum atomic E-state index is -0.532. The monoisotopic (exact) mass is 247 g/mol. The average Bonchev–Trinajstić information content (AvgIpc) is 2.39. The van der Waals surface area contributed by atoms with Gasteiger partial charge in [0.1, 0.15) is 5.75 Å². The van der Waals surface area contributed by atoms with Crippen molar-refractivity contribution in [3.63, 3.8) is 0 Å². The van der Waals surface area contributed by atoms with Gasteiger partial charge in [0.2, 0.25) is 5.91 Å². The summed E-state index contributed by atoms with van der Waals surface area (Å²) in [5.74, 6) is 0.200. The highest BCUT2D eigenvalue weighted by Crippen LogP contribution is 2.25. The number of ether oxygens (including phenoxy) is 1. The third kappa shape index (κ3) is 3.47. The Labute approximate surface area is 107 Å². The van der Waals surface area contributed by atoms with Crippen molar-refractivity contribution in [1.82, 2.24) is 0 Å². The lowest BCUT2D eigenvalue weighted by molar-refractivity contribution is -0.117. The molecular formula is C13H17N3O2. The van der Waals surface area contributed by atoms with E-state index in [2.05, 4.69) is 5.32 Å². The number of nitrogens with zero attached hydrogens (tertiary/aromatic N) is 1. The third-order valence-corrected chi connectivity index (χ3v) is 2.52. The number of hydrogen-bond acceptors (Lipinski definition) is 4. The van der Waals surface area contributed by atoms with Gasteiger partial charge in [-0.05, 0) is 18.6 Å². The van der Waals surface area contributed by atoms with Crippen LogP contribution in [-0.2, 0) is 4.79 Å². The van der Waals surface area contributed by atoms with E-state index in [4.69, 9.17) is 15.7 Å². The number of nitrogens with one attached hydrogen (secondary N) is 1. The van der Waals surface area contributed by atoms with E-state index in [1.54, 1.807) is 18.2 Å². The molecule has 1 rings (SSSR count). The van der Waals surface area contributed by atoms with E-state index in [1.807, 2.05) is 13.0 Å². The lowest BCUT2D eigenvalue weighted by Crippen LogP contribution is -2.35. The molecule has 0 radical (unpaired) electrons. The van der Waals surface area contributed by atoms with Crippen LogP contribution in [0.4, 0.5) is 5.69 Å². The molecule has 1 aromatic carbocycles. The molecule has 0 heterocycles. The van der Waals surface area contributed by atoms with Gasteiger partial charge < -0.3 is 15.8 Å². The highest BCUT2D eigenvalue weighted by molar-refractivity contribution is 5.96. The largest absolute Gasteiger partial charge is 0.495 e. The fourth-order valence-electron chi connectivity index (χ4n) is 1.53. The number of carbonyl (C=O) groups excluding carboxylic acids is 1. The topological polar surface area (TPSA) is 88.1 Å². The molecule has 1 atom stereocenters. The van der Waals surface area contributed by atoms with E-state index < -0.39 is 6.04 Å². The molecule has 1 amide bonds. The summed E-state index contributed by atoms with van der Waals surface area (Å²) in [5.41, 5.74) is 6.71. The molecule has 0 saturated heterocycles. The quantitative estimate of drug-likeness (QED) is 0.827. The number of nitrogens with two attached hydrogens (primary N) is 1. The molecule has 0 aliphatic carbocycles. The van der Waals surface area contributed by atoms with E-state index in [1.165, 1.54) is 7.11 Å². The van der Waals surface area contributed by atoms with Gasteiger partial charge >= 0.3 is 0 Å². The maximum absolute atomic E-state index is 11.8. The van der Waals surface area contributed by atoms with Crippen molar-refractivity contribution in [2.45, 2.75) is 25.8 Å². The number of hydrogen-bond donors (Lipinski definition) is 2. The number of amides is 1. The Morgan fingerprint density at radius 1 is 1.61 bits per heavy atom. The van der Waals surface area contributed by atoms with Crippen molar-refractivity contribution in [3.05, 3.63) is 23.8 Å². The Bertz CT molecular complexity index is 466. The fraction of sp³-hybridized carbons (Fsp3) is 0.385. The van der Waals surface area contributed by atoms with Gasteiger partial charge in [0.25, 0.3) is 0 Å². The van der Waals surface area contributed by atoms with E-state index in [0.717, 1.165) is 6.42 Å². The first kappa shape index (κ1) is 14.0. The summed E-state index contributed by atoms with van der Waals surface area (Å²) in [4.78, 5) is 11.8. The third-order valence-electron chi connectivity index (χ3n) is 2.52. The first-order chi connectivity index (χ1) is 8.62. The molecule has 0 fully saturated rings. The second-order valence-corrected chi connectivity index (χ2v) is 3.91. The number of rotatable bonds is 5. The van der Waals surface area contributed by atoms with Crippen molar-refractivity contribution in [3.8, 4) is 11.8 Å². The van der Waals surface area contributed by atoms with Gasteiger partial charge in [-0.1, -0.05) is 13.3 Å². The normalized spacial score (nSPS) is 11.4. The average molecular weight is 247 g/mol. The van der Waals surface area contributed by atoms with Crippen LogP contribution in [-0.4, -0.2) is 19.1 Å². The van der Waals surface area contributed by atoms with Crippen LogP contribution >= 0.6 is 0 Å². The first-order valence-corrected chi connectivity index (χ1v) is 5.77. The van der Waals surface area contributed by atoms with Crippen LogP contribution in [0, 0.1) is 11.3 Å². The second-order valence-electron chi connectivity index (χ2n) is 3.91. The van der Waals surface area contributed by atoms with Crippen LogP contribution in [0.25, 0.3) is 0 Å². The summed E-state index contributed by atoms with van der Waals surface area (Å²) in [5, 5.41) is 11.5. The molecule has 0 aromatic heterocycles. The van der Waals surface area contributed by atoms with Gasteiger partial charge in [-0.2, -0.15) is 5.26 Å². The summed E-state index contributed by atoms with van der Waals surface area (Å²) in [7, 11) is 1.48. The van der Waals surface area contributed by atoms with Crippen LogP contribution in [0.1, 0.15) is 25.3 Å². The highest BCUT2D eigenvalue weighted by atomic mass is 16.5. The first-order valence-electron chi connectivity index (χ1n) is 5.77. The molecule has 0 aliphatic rings. The molecule has 1 aromatic rings. The van der Waals surface area contributed by atoms with Gasteiger partial charge in [-0.15, -0.1) is 0 Å². The molecule has 3 N–H and O–H groups in total. The number of methoxy groups -OCH3 is 1. The molecule has 5 nitrogen and oxygen atoms in total. The Morgan fingerprint density at radius 3 is 2.89 bits per heavy atom. The molecular weight excluding hydrogens is 230 g/mol. The zero-order valence-electron chi connectivity index (χ0n) is 10.6. The molecule has 0 saturated carbocycles. The lowest BCUT2D eigenvalue weighted by atomic mass is 10.1. The Morgan fingerprint density at radius 2 is 2.33 bits per heavy atom. The Kier molecular flexibility index (Phi) is 5.15. The molecule has 0 unspecified atom stereocenters. The molecule has 0 aliphatic heterocycles. The number of benzene rings is 1. The predicted molar refractivity (Wildman–Crippen MR) is 69.2 cm³/mol. The van der Waals surface area contributed by atoms with Gasteiger partial charge in [0.15, 0.2) is 0 Å². The zero-order valence-corrected chi connectivity index (χ0v) is 10.6. The minimum Gasteiger partial charge on any atom is -0.495 e. The lowest BCUT2D eigenvalue weighted by Gasteiger charge is -2.13. The maximum atomic E-state index is 11.8. The number of nitriles is 1. The van der Waals surface area contributed by atoms with E-state index in [9.17, 15) is 4.79 Å². The van der Waals surface area contributed by atoms with Crippen LogP contribution < -0.4 is 15.8 Å². The second kappa shape index (κ2) is 6.62. The van der Waals surface area contributed by atoms with E-state index in [0.29, 0.717) is 23.4 Å². The molecule has 0 spiro atoms. The smallest absolute Gasteiger partial charge is 0.241 e. The summed E-state index contributed by atoms with van der Waals surface area (Å²) in [6.07, 6.45) is 1.48. The van der Waals surface area contributed by atoms with Crippen molar-refractivity contribution in [2.24, 2.45) is 5.73 Å². The van der Waals surface area contributed by atoms with Crippen LogP contribution in [0.2, 0.25) is 0 Å². The Balaban J connectivity index is 2.84. The van der Waals surface area contributed by atoms with Gasteiger partial charge in [0, 0.05) is 6.07 Å². The van der Waals surface area contributed by atoms with E-state index >= 15 is 0 Å². The minimum absolute atomic E-state index is 0.250. The zero-order chi connectivity index (χ0) is 13.5. The van der Waals surface area contributed by atoms with Gasteiger partial charge in [-0.3, -0.25) is 4.79 Å². The van der Waals surface area contributed by atoms with Crippen molar-refractivity contribution >= 4 is 11.6 Å². The van der Waals surface area contributed by atoms with Gasteiger partial charge in [-0.25, -0.2) is 0 Å². The fourth-order valence-corrected chi connectivity index (χ4v) is 1.53. The highest BCUT2D eigenvalue weighted by Gasteiger charge is 2.14. The SMILES string of the molecule is CCC[C@H](N)C(=O)Nc1ccc(C#N)cc1OC. The molecule has 96 valence electrons. The summed E-state index contributed by atoms with van der Waals surface area (Å²) in [6.45, 7) is 1.97. The molecule has 5 heteroatoms. The van der Waals surface area contributed by atoms with Crippen LogP contribution in [0.3, 0.4) is 0 Å². The van der Waals surface area contributed by atoms with Crippen molar-refractivity contribution in [2.75, 3.05) is 12.4 Å². The summed E-state index contributed by atoms with van der Waals surface area (Å²) in [6, 6.07) is 6.29. The Hall–Kier alpha value is -2.06. The summed E-state index contributed by atoms with van der Waals surface area (Å²) < 4.78 is 5.12.